The highest BCUT2D eigenvalue weighted by Crippen LogP contribution is 2.32. The van der Waals surface area contributed by atoms with Crippen molar-refractivity contribution in [1.82, 2.24) is 10.3 Å². The topological polar surface area (TPSA) is 72.8 Å². The molecule has 1 atom stereocenters. The molecule has 0 radical (unpaired) electrons. The van der Waals surface area contributed by atoms with Gasteiger partial charge in [0, 0.05) is 10.6 Å². The first kappa shape index (κ1) is 22.9. The predicted octanol–water partition coefficient (Wildman–Crippen LogP) is 5.02. The van der Waals surface area contributed by atoms with Gasteiger partial charge in [0.2, 0.25) is 0 Å². The van der Waals surface area contributed by atoms with Crippen LogP contribution in [-0.2, 0) is 4.84 Å². The Labute approximate surface area is 182 Å². The van der Waals surface area contributed by atoms with Gasteiger partial charge in [-0.15, -0.1) is 0 Å². The second kappa shape index (κ2) is 10.00. The normalized spacial score (nSPS) is 18.0. The fraction of sp³-hybridized carbons (Fsp3) is 0.381. The van der Waals surface area contributed by atoms with Gasteiger partial charge in [0.05, 0.1) is 18.0 Å². The molecular formula is C21H21ClF3N3O3. The average Bonchev–Trinajstić information content (AvgIpc) is 2.74. The third-order valence-electron chi connectivity index (χ3n) is 4.74. The molecular weight excluding hydrogens is 435 g/mol. The van der Waals surface area contributed by atoms with E-state index in [1.54, 1.807) is 24.3 Å². The van der Waals surface area contributed by atoms with E-state index < -0.39 is 18.7 Å². The van der Waals surface area contributed by atoms with Crippen LogP contribution in [0.5, 0.6) is 5.75 Å². The summed E-state index contributed by atoms with van der Waals surface area (Å²) < 4.78 is 42.9. The van der Waals surface area contributed by atoms with Crippen LogP contribution >= 0.6 is 11.6 Å². The van der Waals surface area contributed by atoms with Gasteiger partial charge in [-0.05, 0) is 43.0 Å². The molecule has 1 aliphatic rings. The number of amides is 1. The molecule has 1 saturated carbocycles. The molecule has 0 unspecified atom stereocenters. The smallest absolute Gasteiger partial charge is 0.422 e. The molecule has 31 heavy (non-hydrogen) atoms. The second-order valence-corrected chi connectivity index (χ2v) is 7.45. The fourth-order valence-corrected chi connectivity index (χ4v) is 3.43. The highest BCUT2D eigenvalue weighted by Gasteiger charge is 2.29. The number of nitrogens with zero attached hydrogens (tertiary/aromatic N) is 2. The molecule has 1 heterocycles. The number of hydrogen-bond acceptors (Lipinski definition) is 5. The lowest BCUT2D eigenvalue weighted by Gasteiger charge is -2.24. The van der Waals surface area contributed by atoms with Gasteiger partial charge in [-0.2, -0.15) is 13.2 Å². The number of carbonyl (C=O) groups excluding carboxylic acids is 1. The average molecular weight is 456 g/mol. The summed E-state index contributed by atoms with van der Waals surface area (Å²) >= 11 is 5.91. The Hall–Kier alpha value is -2.81. The van der Waals surface area contributed by atoms with E-state index >= 15 is 0 Å². The van der Waals surface area contributed by atoms with Crippen LogP contribution in [0.3, 0.4) is 0 Å². The third-order valence-corrected chi connectivity index (χ3v) is 4.99. The van der Waals surface area contributed by atoms with Crippen molar-refractivity contribution >= 4 is 23.2 Å². The number of pyridine rings is 1. The van der Waals surface area contributed by atoms with Crippen LogP contribution in [-0.4, -0.2) is 42.5 Å². The summed E-state index contributed by atoms with van der Waals surface area (Å²) in [7, 11) is 1.44. The predicted molar refractivity (Wildman–Crippen MR) is 110 cm³/mol. The molecule has 1 N–H and O–H groups in total. The first-order valence-corrected chi connectivity index (χ1v) is 10.0. The Morgan fingerprint density at radius 2 is 2.03 bits per heavy atom. The maximum absolute atomic E-state index is 12.8. The molecule has 6 nitrogen and oxygen atoms in total. The van der Waals surface area contributed by atoms with Gasteiger partial charge in [-0.3, -0.25) is 4.79 Å². The van der Waals surface area contributed by atoms with Gasteiger partial charge in [0.1, 0.15) is 18.6 Å². The van der Waals surface area contributed by atoms with E-state index in [1.807, 2.05) is 0 Å². The molecule has 2 aromatic rings. The Morgan fingerprint density at radius 1 is 1.29 bits per heavy atom. The van der Waals surface area contributed by atoms with Gasteiger partial charge in [-0.1, -0.05) is 35.3 Å². The summed E-state index contributed by atoms with van der Waals surface area (Å²) in [5.74, 6) is -0.552. The zero-order chi connectivity index (χ0) is 22.4. The van der Waals surface area contributed by atoms with Crippen molar-refractivity contribution in [3.8, 4) is 16.9 Å². The van der Waals surface area contributed by atoms with Crippen LogP contribution in [0.2, 0.25) is 5.02 Å². The van der Waals surface area contributed by atoms with Crippen LogP contribution in [0.15, 0.2) is 41.7 Å². The maximum atomic E-state index is 12.8. The van der Waals surface area contributed by atoms with E-state index in [4.69, 9.17) is 21.2 Å². The second-order valence-electron chi connectivity index (χ2n) is 7.01. The Morgan fingerprint density at radius 3 is 2.71 bits per heavy atom. The number of alkyl halides is 3. The highest BCUT2D eigenvalue weighted by atomic mass is 35.5. The Balaban J connectivity index is 1.88. The number of oxime groups is 1. The van der Waals surface area contributed by atoms with Crippen LogP contribution in [0, 0.1) is 0 Å². The molecule has 10 heteroatoms. The maximum Gasteiger partial charge on any atom is 0.422 e. The lowest BCUT2D eigenvalue weighted by molar-refractivity contribution is -0.153. The summed E-state index contributed by atoms with van der Waals surface area (Å²) in [6, 6.07) is 7.57. The van der Waals surface area contributed by atoms with Crippen molar-refractivity contribution in [3.05, 3.63) is 47.2 Å². The summed E-state index contributed by atoms with van der Waals surface area (Å²) in [5, 5.41) is 7.34. The first-order chi connectivity index (χ1) is 14.8. The van der Waals surface area contributed by atoms with Crippen LogP contribution in [0.1, 0.15) is 36.2 Å². The Kier molecular flexibility index (Phi) is 7.37. The number of benzene rings is 1. The Bertz CT molecular complexity index is 949. The summed E-state index contributed by atoms with van der Waals surface area (Å²) in [6.45, 7) is -1.47. The molecule has 166 valence electrons. The van der Waals surface area contributed by atoms with Crippen LogP contribution in [0.25, 0.3) is 11.1 Å². The van der Waals surface area contributed by atoms with Gasteiger partial charge in [0.15, 0.2) is 6.61 Å². The third kappa shape index (κ3) is 6.33. The number of rotatable bonds is 6. The van der Waals surface area contributed by atoms with Gasteiger partial charge in [-0.25, -0.2) is 4.98 Å². The van der Waals surface area contributed by atoms with E-state index in [2.05, 4.69) is 15.5 Å². The molecule has 3 rings (SSSR count). The number of carbonyl (C=O) groups is 1. The fourth-order valence-electron chi connectivity index (χ4n) is 3.31. The quantitative estimate of drug-likeness (QED) is 0.621. The molecule has 0 spiro atoms. The highest BCUT2D eigenvalue weighted by molar-refractivity contribution is 6.30. The molecule has 1 amide bonds. The van der Waals surface area contributed by atoms with E-state index in [-0.39, 0.29) is 17.5 Å². The number of nitrogens with one attached hydrogen (secondary N) is 1. The number of hydrogen-bond donors (Lipinski definition) is 1. The van der Waals surface area contributed by atoms with Gasteiger partial charge in [0.25, 0.3) is 5.91 Å². The van der Waals surface area contributed by atoms with Crippen molar-refractivity contribution < 1.29 is 27.5 Å². The van der Waals surface area contributed by atoms with Crippen molar-refractivity contribution in [2.75, 3.05) is 13.7 Å². The summed E-state index contributed by atoms with van der Waals surface area (Å²) in [4.78, 5) is 21.7. The van der Waals surface area contributed by atoms with Crippen molar-refractivity contribution in [2.45, 2.75) is 37.9 Å². The molecule has 0 aliphatic heterocycles. The minimum Gasteiger partial charge on any atom is -0.482 e. The zero-order valence-electron chi connectivity index (χ0n) is 16.7. The molecule has 0 bridgehead atoms. The van der Waals surface area contributed by atoms with Gasteiger partial charge < -0.3 is 14.9 Å². The van der Waals surface area contributed by atoms with E-state index in [0.717, 1.165) is 24.8 Å². The number of halogens is 4. The molecule has 1 fully saturated rings. The van der Waals surface area contributed by atoms with E-state index in [9.17, 15) is 18.0 Å². The monoisotopic (exact) mass is 455 g/mol. The molecule has 1 aliphatic carbocycles. The molecule has 1 aromatic heterocycles. The SMILES string of the molecule is CON=C1CCCC[C@@H]1NC(=O)c1cc(-c2ccc(Cl)cc2)c(OCC(F)(F)F)cn1. The largest absolute Gasteiger partial charge is 0.482 e. The number of aromatic nitrogens is 1. The van der Waals surface area contributed by atoms with E-state index in [0.29, 0.717) is 29.0 Å². The molecule has 1 aromatic carbocycles. The van der Waals surface area contributed by atoms with Crippen molar-refractivity contribution in [1.29, 1.82) is 0 Å². The molecule has 0 saturated heterocycles. The number of ether oxygens (including phenoxy) is 1. The van der Waals surface area contributed by atoms with E-state index in [1.165, 1.54) is 13.2 Å². The van der Waals surface area contributed by atoms with Crippen molar-refractivity contribution in [3.63, 3.8) is 0 Å². The standard InChI is InChI=1S/C21H21ClF3N3O3/c1-30-28-17-5-3-2-4-16(17)27-20(29)18-10-15(13-6-8-14(22)9-7-13)19(11-26-18)31-12-21(23,24)25/h6-11,16H,2-5,12H2,1H3,(H,27,29)/t16-/m0/s1. The first-order valence-electron chi connectivity index (χ1n) is 9.63. The minimum atomic E-state index is -4.51. The van der Waals surface area contributed by atoms with Crippen molar-refractivity contribution in [2.24, 2.45) is 5.16 Å². The lowest BCUT2D eigenvalue weighted by atomic mass is 9.93. The van der Waals surface area contributed by atoms with Gasteiger partial charge >= 0.3 is 6.18 Å². The minimum absolute atomic E-state index is 0.0478. The zero-order valence-corrected chi connectivity index (χ0v) is 17.5. The summed E-state index contributed by atoms with van der Waals surface area (Å²) in [5.41, 5.74) is 1.63. The summed E-state index contributed by atoms with van der Waals surface area (Å²) in [6.07, 6.45) is -0.0711. The lowest BCUT2D eigenvalue weighted by Crippen LogP contribution is -2.43. The van der Waals surface area contributed by atoms with Crippen LogP contribution < -0.4 is 10.1 Å². The van der Waals surface area contributed by atoms with Crippen LogP contribution in [0.4, 0.5) is 13.2 Å².